The van der Waals surface area contributed by atoms with E-state index < -0.39 is 5.97 Å². The maximum absolute atomic E-state index is 10.5. The zero-order valence-electron chi connectivity index (χ0n) is 18.5. The summed E-state index contributed by atoms with van der Waals surface area (Å²) in [7, 11) is 0. The van der Waals surface area contributed by atoms with E-state index in [1.54, 1.807) is 12.1 Å². The smallest absolute Gasteiger partial charge is 0.331 e. The van der Waals surface area contributed by atoms with Crippen molar-refractivity contribution in [2.45, 2.75) is 84.5 Å². The van der Waals surface area contributed by atoms with Crippen molar-refractivity contribution in [1.29, 1.82) is 0 Å². The topological polar surface area (TPSA) is 77.8 Å². The number of aromatic hydroxyl groups is 2. The standard InChI is InChI=1S/C15H24O2.C10H14O2/c1-4-5-6-7-8-15(2,3)12-9-13(16)11-14(17)10-12;1-7(2)8-3-5-9(6-4-8)10(11)12/h9-11,16-17H,4-8H2,1-3H3;5,8H,1,3-4,6H2,2H3,(H,11,12)/t;8-/m.0/s1. The number of allylic oxidation sites excluding steroid dienone is 2. The lowest BCUT2D eigenvalue weighted by molar-refractivity contribution is -0.132. The number of phenolic OH excluding ortho intramolecular Hbond substituents is 2. The number of phenols is 2. The van der Waals surface area contributed by atoms with Gasteiger partial charge in [0.1, 0.15) is 11.5 Å². The van der Waals surface area contributed by atoms with Crippen molar-refractivity contribution in [3.63, 3.8) is 0 Å². The number of benzene rings is 1. The molecule has 1 aliphatic carbocycles. The molecule has 0 bridgehead atoms. The molecular weight excluding hydrogens is 364 g/mol. The van der Waals surface area contributed by atoms with Gasteiger partial charge in [-0.2, -0.15) is 0 Å². The Morgan fingerprint density at radius 2 is 1.76 bits per heavy atom. The first-order chi connectivity index (χ1) is 13.6. The maximum Gasteiger partial charge on any atom is 0.331 e. The van der Waals surface area contributed by atoms with Crippen LogP contribution in [0.1, 0.15) is 84.6 Å². The first-order valence-electron chi connectivity index (χ1n) is 10.7. The lowest BCUT2D eigenvalue weighted by atomic mass is 9.80. The van der Waals surface area contributed by atoms with E-state index in [2.05, 4.69) is 27.4 Å². The largest absolute Gasteiger partial charge is 0.508 e. The molecule has 4 heteroatoms. The molecule has 1 aliphatic rings. The Labute approximate surface area is 176 Å². The lowest BCUT2D eigenvalue weighted by Gasteiger charge is -2.25. The Morgan fingerprint density at radius 3 is 2.21 bits per heavy atom. The van der Waals surface area contributed by atoms with Gasteiger partial charge in [0.25, 0.3) is 0 Å². The zero-order valence-corrected chi connectivity index (χ0v) is 18.5. The molecule has 29 heavy (non-hydrogen) atoms. The van der Waals surface area contributed by atoms with Crippen LogP contribution in [-0.2, 0) is 10.2 Å². The van der Waals surface area contributed by atoms with Gasteiger partial charge < -0.3 is 15.3 Å². The Balaban J connectivity index is 0.000000308. The number of unbranched alkanes of at least 4 members (excludes halogenated alkanes) is 3. The Hall–Kier alpha value is -2.23. The first-order valence-corrected chi connectivity index (χ1v) is 10.7. The van der Waals surface area contributed by atoms with Gasteiger partial charge in [0.15, 0.2) is 0 Å². The number of hydrogen-bond acceptors (Lipinski definition) is 3. The van der Waals surface area contributed by atoms with Gasteiger partial charge in [0.2, 0.25) is 0 Å². The second-order valence-electron chi connectivity index (χ2n) is 8.78. The molecule has 0 radical (unpaired) electrons. The van der Waals surface area contributed by atoms with Crippen LogP contribution in [0.25, 0.3) is 0 Å². The normalized spacial score (nSPS) is 16.4. The second kappa shape index (κ2) is 11.7. The third-order valence-electron chi connectivity index (χ3n) is 5.72. The molecule has 0 amide bonds. The van der Waals surface area contributed by atoms with Crippen LogP contribution in [0.5, 0.6) is 11.5 Å². The van der Waals surface area contributed by atoms with Crippen molar-refractivity contribution in [2.75, 3.05) is 0 Å². The summed E-state index contributed by atoms with van der Waals surface area (Å²) in [6, 6.07) is 4.87. The maximum atomic E-state index is 10.5. The number of rotatable bonds is 8. The molecule has 0 aliphatic heterocycles. The summed E-state index contributed by atoms with van der Waals surface area (Å²) < 4.78 is 0. The number of hydrogen-bond donors (Lipinski definition) is 3. The fourth-order valence-electron chi connectivity index (χ4n) is 3.60. The minimum absolute atomic E-state index is 0.00393. The number of carboxylic acids is 1. The number of aliphatic carboxylic acids is 1. The minimum atomic E-state index is -0.768. The third-order valence-corrected chi connectivity index (χ3v) is 5.72. The second-order valence-corrected chi connectivity index (χ2v) is 8.78. The van der Waals surface area contributed by atoms with Gasteiger partial charge >= 0.3 is 5.97 Å². The highest BCUT2D eigenvalue weighted by Crippen LogP contribution is 2.34. The minimum Gasteiger partial charge on any atom is -0.508 e. The highest BCUT2D eigenvalue weighted by atomic mass is 16.4. The molecule has 0 saturated carbocycles. The van der Waals surface area contributed by atoms with Crippen molar-refractivity contribution < 1.29 is 20.1 Å². The average Bonchev–Trinajstić information content (AvgIpc) is 2.65. The fourth-order valence-corrected chi connectivity index (χ4v) is 3.60. The quantitative estimate of drug-likeness (QED) is 0.333. The SMILES string of the molecule is C=C(C)[C@H]1CC=C(C(=O)O)CC1.CCCCCCC(C)(C)c1cc(O)cc(O)c1. The summed E-state index contributed by atoms with van der Waals surface area (Å²) in [5.41, 5.74) is 2.74. The summed E-state index contributed by atoms with van der Waals surface area (Å²) in [5, 5.41) is 27.7. The Bertz CT molecular complexity index is 695. The van der Waals surface area contributed by atoms with Gasteiger partial charge in [0.05, 0.1) is 0 Å². The summed E-state index contributed by atoms with van der Waals surface area (Å²) in [6.07, 6.45) is 10.3. The van der Waals surface area contributed by atoms with Gasteiger partial charge in [-0.1, -0.05) is 64.7 Å². The molecule has 1 aromatic carbocycles. The van der Waals surface area contributed by atoms with Crippen LogP contribution in [0.3, 0.4) is 0 Å². The van der Waals surface area contributed by atoms with E-state index in [0.29, 0.717) is 17.9 Å². The van der Waals surface area contributed by atoms with E-state index in [1.165, 1.54) is 31.7 Å². The summed E-state index contributed by atoms with van der Waals surface area (Å²) in [5.74, 6) is 0.00605. The van der Waals surface area contributed by atoms with Crippen LogP contribution in [0.15, 0.2) is 42.0 Å². The summed E-state index contributed by atoms with van der Waals surface area (Å²) >= 11 is 0. The van der Waals surface area contributed by atoms with Crippen LogP contribution in [0.4, 0.5) is 0 Å². The molecule has 3 N–H and O–H groups in total. The van der Waals surface area contributed by atoms with Crippen molar-refractivity contribution in [3.05, 3.63) is 47.6 Å². The molecule has 4 nitrogen and oxygen atoms in total. The Kier molecular flexibility index (Phi) is 10.0. The van der Waals surface area contributed by atoms with Gasteiger partial charge in [-0.25, -0.2) is 4.79 Å². The van der Waals surface area contributed by atoms with Gasteiger partial charge in [0, 0.05) is 11.6 Å². The molecule has 0 aromatic heterocycles. The van der Waals surface area contributed by atoms with Crippen molar-refractivity contribution >= 4 is 5.97 Å². The molecular formula is C25H38O4. The molecule has 2 rings (SSSR count). The summed E-state index contributed by atoms with van der Waals surface area (Å²) in [6.45, 7) is 12.4. The van der Waals surface area contributed by atoms with E-state index in [0.717, 1.165) is 30.4 Å². The predicted molar refractivity (Wildman–Crippen MR) is 119 cm³/mol. The van der Waals surface area contributed by atoms with E-state index in [1.807, 2.05) is 13.0 Å². The summed E-state index contributed by atoms with van der Waals surface area (Å²) in [4.78, 5) is 10.5. The highest BCUT2D eigenvalue weighted by Gasteiger charge is 2.21. The van der Waals surface area contributed by atoms with E-state index in [-0.39, 0.29) is 16.9 Å². The molecule has 1 aromatic rings. The van der Waals surface area contributed by atoms with Crippen LogP contribution in [-0.4, -0.2) is 21.3 Å². The molecule has 0 unspecified atom stereocenters. The van der Waals surface area contributed by atoms with Crippen LogP contribution >= 0.6 is 0 Å². The zero-order chi connectivity index (χ0) is 22.0. The molecule has 0 heterocycles. The molecule has 0 fully saturated rings. The monoisotopic (exact) mass is 402 g/mol. The van der Waals surface area contributed by atoms with Crippen LogP contribution in [0.2, 0.25) is 0 Å². The van der Waals surface area contributed by atoms with Crippen molar-refractivity contribution in [3.8, 4) is 11.5 Å². The van der Waals surface area contributed by atoms with Crippen LogP contribution < -0.4 is 0 Å². The van der Waals surface area contributed by atoms with E-state index in [4.69, 9.17) is 5.11 Å². The van der Waals surface area contributed by atoms with Gasteiger partial charge in [-0.05, 0) is 61.6 Å². The van der Waals surface area contributed by atoms with Crippen LogP contribution in [0, 0.1) is 5.92 Å². The Morgan fingerprint density at radius 1 is 1.14 bits per heavy atom. The van der Waals surface area contributed by atoms with E-state index in [9.17, 15) is 15.0 Å². The van der Waals surface area contributed by atoms with Crippen molar-refractivity contribution in [1.82, 2.24) is 0 Å². The van der Waals surface area contributed by atoms with Gasteiger partial charge in [-0.3, -0.25) is 0 Å². The molecule has 0 saturated heterocycles. The molecule has 162 valence electrons. The predicted octanol–water partition coefficient (Wildman–Crippen LogP) is 6.72. The lowest BCUT2D eigenvalue weighted by Crippen LogP contribution is -2.16. The molecule has 1 atom stereocenters. The van der Waals surface area contributed by atoms with Crippen molar-refractivity contribution in [2.24, 2.45) is 5.92 Å². The molecule has 0 spiro atoms. The van der Waals surface area contributed by atoms with E-state index >= 15 is 0 Å². The highest BCUT2D eigenvalue weighted by molar-refractivity contribution is 5.86. The number of carbonyl (C=O) groups is 1. The fraction of sp³-hybridized carbons (Fsp3) is 0.560. The van der Waals surface area contributed by atoms with Gasteiger partial charge in [-0.15, -0.1) is 0 Å². The first kappa shape index (κ1) is 24.8. The number of carboxylic acid groups (broad SMARTS) is 1. The average molecular weight is 403 g/mol. The third kappa shape index (κ3) is 8.76.